The molecule has 2 aromatic rings. The molecule has 1 aromatic carbocycles. The third kappa shape index (κ3) is 3.27. The van der Waals surface area contributed by atoms with Crippen molar-refractivity contribution in [2.24, 2.45) is 5.41 Å². The van der Waals surface area contributed by atoms with Crippen LogP contribution >= 0.6 is 0 Å². The van der Waals surface area contributed by atoms with Gasteiger partial charge in [0.2, 0.25) is 0 Å². The van der Waals surface area contributed by atoms with E-state index in [1.54, 1.807) is 0 Å². The van der Waals surface area contributed by atoms with Crippen LogP contribution < -0.4 is 11.1 Å². The van der Waals surface area contributed by atoms with Gasteiger partial charge in [0.05, 0.1) is 12.1 Å². The Bertz CT molecular complexity index is 612. The van der Waals surface area contributed by atoms with Crippen LogP contribution in [0.15, 0.2) is 24.3 Å². The second-order valence-corrected chi connectivity index (χ2v) is 5.81. The molecule has 0 saturated heterocycles. The van der Waals surface area contributed by atoms with Crippen LogP contribution in [0.5, 0.6) is 0 Å². The SMILES string of the molecule is CCC(CC)(CO)CNc1cc(C)nc2ccc(N)cc12. The van der Waals surface area contributed by atoms with Crippen molar-refractivity contribution in [1.29, 1.82) is 0 Å². The topological polar surface area (TPSA) is 71.2 Å². The summed E-state index contributed by atoms with van der Waals surface area (Å²) < 4.78 is 0. The molecule has 0 saturated carbocycles. The molecule has 0 spiro atoms. The number of anilines is 2. The number of rotatable bonds is 6. The molecule has 21 heavy (non-hydrogen) atoms. The Balaban J connectivity index is 2.35. The van der Waals surface area contributed by atoms with E-state index >= 15 is 0 Å². The van der Waals surface area contributed by atoms with Gasteiger partial charge in [0, 0.05) is 34.4 Å². The van der Waals surface area contributed by atoms with Gasteiger partial charge in [0.1, 0.15) is 0 Å². The van der Waals surface area contributed by atoms with Gasteiger partial charge >= 0.3 is 0 Å². The molecule has 0 radical (unpaired) electrons. The number of benzene rings is 1. The zero-order chi connectivity index (χ0) is 15.5. The van der Waals surface area contributed by atoms with Crippen molar-refractivity contribution in [2.75, 3.05) is 24.2 Å². The highest BCUT2D eigenvalue weighted by atomic mass is 16.3. The zero-order valence-corrected chi connectivity index (χ0v) is 13.1. The Labute approximate surface area is 126 Å². The molecule has 0 unspecified atom stereocenters. The minimum atomic E-state index is -0.0795. The maximum Gasteiger partial charge on any atom is 0.0727 e. The smallest absolute Gasteiger partial charge is 0.0727 e. The quantitative estimate of drug-likeness (QED) is 0.713. The number of nitrogen functional groups attached to an aromatic ring is 1. The summed E-state index contributed by atoms with van der Waals surface area (Å²) in [5, 5.41) is 14.2. The molecule has 114 valence electrons. The minimum absolute atomic E-state index is 0.0795. The molecular weight excluding hydrogens is 262 g/mol. The van der Waals surface area contributed by atoms with Crippen molar-refractivity contribution >= 4 is 22.3 Å². The van der Waals surface area contributed by atoms with Gasteiger partial charge in [-0.1, -0.05) is 13.8 Å². The van der Waals surface area contributed by atoms with Crippen LogP contribution in [0.25, 0.3) is 10.9 Å². The van der Waals surface area contributed by atoms with Gasteiger partial charge in [-0.25, -0.2) is 0 Å². The van der Waals surface area contributed by atoms with Gasteiger partial charge in [-0.05, 0) is 44.0 Å². The predicted molar refractivity (Wildman–Crippen MR) is 89.5 cm³/mol. The van der Waals surface area contributed by atoms with Crippen LogP contribution in [-0.4, -0.2) is 23.2 Å². The lowest BCUT2D eigenvalue weighted by Crippen LogP contribution is -2.32. The van der Waals surface area contributed by atoms with Gasteiger partial charge < -0.3 is 16.2 Å². The summed E-state index contributed by atoms with van der Waals surface area (Å²) in [6, 6.07) is 7.80. The van der Waals surface area contributed by atoms with Crippen molar-refractivity contribution in [2.45, 2.75) is 33.6 Å². The lowest BCUT2D eigenvalue weighted by molar-refractivity contribution is 0.127. The zero-order valence-electron chi connectivity index (χ0n) is 13.1. The molecule has 0 aliphatic heterocycles. The van der Waals surface area contributed by atoms with Gasteiger partial charge in [-0.3, -0.25) is 4.98 Å². The number of hydrogen-bond donors (Lipinski definition) is 3. The molecule has 2 rings (SSSR count). The first-order valence-electron chi connectivity index (χ1n) is 7.55. The van der Waals surface area contributed by atoms with Gasteiger partial charge in [-0.15, -0.1) is 0 Å². The largest absolute Gasteiger partial charge is 0.399 e. The molecule has 1 heterocycles. The van der Waals surface area contributed by atoms with Crippen molar-refractivity contribution < 1.29 is 5.11 Å². The maximum atomic E-state index is 9.69. The average molecular weight is 287 g/mol. The average Bonchev–Trinajstić information content (AvgIpc) is 2.49. The van der Waals surface area contributed by atoms with Gasteiger partial charge in [0.15, 0.2) is 0 Å². The van der Waals surface area contributed by atoms with E-state index in [2.05, 4.69) is 24.1 Å². The van der Waals surface area contributed by atoms with Crippen LogP contribution in [0.4, 0.5) is 11.4 Å². The first kappa shape index (κ1) is 15.6. The van der Waals surface area contributed by atoms with E-state index in [0.717, 1.165) is 47.4 Å². The van der Waals surface area contributed by atoms with Gasteiger partial charge in [-0.2, -0.15) is 0 Å². The first-order chi connectivity index (χ1) is 10.0. The highest BCUT2D eigenvalue weighted by Crippen LogP contribution is 2.29. The van der Waals surface area contributed by atoms with Crippen LogP contribution in [0.3, 0.4) is 0 Å². The fourth-order valence-electron chi connectivity index (χ4n) is 2.58. The van der Waals surface area contributed by atoms with Crippen molar-refractivity contribution in [3.8, 4) is 0 Å². The first-order valence-corrected chi connectivity index (χ1v) is 7.55. The van der Waals surface area contributed by atoms with Crippen LogP contribution in [-0.2, 0) is 0 Å². The summed E-state index contributed by atoms with van der Waals surface area (Å²) in [6.45, 7) is 7.16. The summed E-state index contributed by atoms with van der Waals surface area (Å²) in [6.07, 6.45) is 1.88. The summed E-state index contributed by atoms with van der Waals surface area (Å²) in [7, 11) is 0. The van der Waals surface area contributed by atoms with E-state index < -0.39 is 0 Å². The van der Waals surface area contributed by atoms with E-state index in [0.29, 0.717) is 0 Å². The molecule has 0 atom stereocenters. The standard InChI is InChI=1S/C17H25N3O/c1-4-17(5-2,11-21)10-19-16-8-12(3)20-15-7-6-13(18)9-14(15)16/h6-9,21H,4-5,10-11,18H2,1-3H3,(H,19,20). The number of fused-ring (bicyclic) bond motifs is 1. The highest BCUT2D eigenvalue weighted by molar-refractivity contribution is 5.93. The summed E-state index contributed by atoms with van der Waals surface area (Å²) in [5.41, 5.74) is 9.49. The third-order valence-corrected chi connectivity index (χ3v) is 4.45. The highest BCUT2D eigenvalue weighted by Gasteiger charge is 2.25. The van der Waals surface area contributed by atoms with Crippen LogP contribution in [0.2, 0.25) is 0 Å². The molecule has 0 amide bonds. The van der Waals surface area contributed by atoms with E-state index in [1.807, 2.05) is 31.2 Å². The molecule has 4 heteroatoms. The lowest BCUT2D eigenvalue weighted by atomic mass is 9.83. The number of hydrogen-bond acceptors (Lipinski definition) is 4. The van der Waals surface area contributed by atoms with Crippen molar-refractivity contribution in [3.63, 3.8) is 0 Å². The predicted octanol–water partition coefficient (Wildman–Crippen LogP) is 3.34. The fraction of sp³-hybridized carbons (Fsp3) is 0.471. The number of aliphatic hydroxyl groups excluding tert-OH is 1. The van der Waals surface area contributed by atoms with E-state index in [4.69, 9.17) is 5.73 Å². The summed E-state index contributed by atoms with van der Waals surface area (Å²) in [4.78, 5) is 4.54. The molecule has 4 nitrogen and oxygen atoms in total. The van der Waals surface area contributed by atoms with Gasteiger partial charge in [0.25, 0.3) is 0 Å². The number of nitrogens with two attached hydrogens (primary N) is 1. The number of aryl methyl sites for hydroxylation is 1. The Hall–Kier alpha value is -1.81. The summed E-state index contributed by atoms with van der Waals surface area (Å²) in [5.74, 6) is 0. The Morgan fingerprint density at radius 2 is 1.95 bits per heavy atom. The Morgan fingerprint density at radius 3 is 2.57 bits per heavy atom. The lowest BCUT2D eigenvalue weighted by Gasteiger charge is -2.30. The molecular formula is C17H25N3O. The number of nitrogens with one attached hydrogen (secondary N) is 1. The van der Waals surface area contributed by atoms with Crippen molar-refractivity contribution in [1.82, 2.24) is 4.98 Å². The number of aliphatic hydroxyl groups is 1. The molecule has 0 aliphatic carbocycles. The molecule has 0 bridgehead atoms. The summed E-state index contributed by atoms with van der Waals surface area (Å²) >= 11 is 0. The second-order valence-electron chi connectivity index (χ2n) is 5.81. The van der Waals surface area contributed by atoms with E-state index in [1.165, 1.54) is 0 Å². The van der Waals surface area contributed by atoms with E-state index in [-0.39, 0.29) is 12.0 Å². The normalized spacial score (nSPS) is 11.8. The fourth-order valence-corrected chi connectivity index (χ4v) is 2.58. The maximum absolute atomic E-state index is 9.69. The second kappa shape index (κ2) is 6.31. The molecule has 0 fully saturated rings. The van der Waals surface area contributed by atoms with Crippen LogP contribution in [0.1, 0.15) is 32.4 Å². The monoisotopic (exact) mass is 287 g/mol. The van der Waals surface area contributed by atoms with E-state index in [9.17, 15) is 5.11 Å². The number of pyridine rings is 1. The molecule has 0 aliphatic rings. The van der Waals surface area contributed by atoms with Crippen molar-refractivity contribution in [3.05, 3.63) is 30.0 Å². The Kier molecular flexibility index (Phi) is 4.68. The Morgan fingerprint density at radius 1 is 1.24 bits per heavy atom. The van der Waals surface area contributed by atoms with Crippen LogP contribution in [0, 0.1) is 12.3 Å². The molecule has 1 aromatic heterocycles. The minimum Gasteiger partial charge on any atom is -0.399 e. The number of aromatic nitrogens is 1. The third-order valence-electron chi connectivity index (χ3n) is 4.45. The number of nitrogens with zero attached hydrogens (tertiary/aromatic N) is 1. The molecule has 4 N–H and O–H groups in total.